The second-order valence-electron chi connectivity index (χ2n) is 5.65. The molecule has 1 atom stereocenters. The maximum absolute atomic E-state index is 12.3. The van der Waals surface area contributed by atoms with Crippen LogP contribution in [0.1, 0.15) is 29.3 Å². The normalized spacial score (nSPS) is 18.5. The van der Waals surface area contributed by atoms with E-state index in [1.165, 1.54) is 4.88 Å². The number of hydrogen-bond donors (Lipinski definition) is 1. The first-order valence-corrected chi connectivity index (χ1v) is 8.73. The number of thiophene rings is 1. The molecule has 1 fully saturated rings. The number of anilines is 1. The second-order valence-corrected chi connectivity index (χ2v) is 7.07. The number of halogens is 1. The van der Waals surface area contributed by atoms with Gasteiger partial charge in [0.25, 0.3) is 0 Å². The molecule has 0 bridgehead atoms. The van der Waals surface area contributed by atoms with Gasteiger partial charge in [-0.05, 0) is 61.5 Å². The number of hydrogen-bond acceptors (Lipinski definition) is 3. The highest BCUT2D eigenvalue weighted by Crippen LogP contribution is 2.34. The smallest absolute Gasteiger partial charge is 0.238 e. The van der Waals surface area contributed by atoms with Gasteiger partial charge in [-0.1, -0.05) is 17.7 Å². The lowest BCUT2D eigenvalue weighted by Gasteiger charge is -2.23. The maximum atomic E-state index is 12.3. The summed E-state index contributed by atoms with van der Waals surface area (Å²) in [7, 11) is 0. The Morgan fingerprint density at radius 1 is 1.45 bits per heavy atom. The zero-order chi connectivity index (χ0) is 15.5. The van der Waals surface area contributed by atoms with Crippen LogP contribution in [0.4, 0.5) is 5.69 Å². The molecule has 22 heavy (non-hydrogen) atoms. The molecular weight excluding hydrogens is 316 g/mol. The van der Waals surface area contributed by atoms with Gasteiger partial charge < -0.3 is 5.32 Å². The van der Waals surface area contributed by atoms with E-state index >= 15 is 0 Å². The van der Waals surface area contributed by atoms with E-state index < -0.39 is 0 Å². The van der Waals surface area contributed by atoms with E-state index in [0.717, 1.165) is 30.6 Å². The van der Waals surface area contributed by atoms with Crippen molar-refractivity contribution in [2.24, 2.45) is 0 Å². The van der Waals surface area contributed by atoms with Gasteiger partial charge in [-0.25, -0.2) is 0 Å². The quantitative estimate of drug-likeness (QED) is 0.893. The lowest BCUT2D eigenvalue weighted by Crippen LogP contribution is -2.32. The van der Waals surface area contributed by atoms with Crippen molar-refractivity contribution in [1.82, 2.24) is 4.90 Å². The minimum absolute atomic E-state index is 0.0360. The van der Waals surface area contributed by atoms with Crippen LogP contribution in [-0.4, -0.2) is 23.9 Å². The van der Waals surface area contributed by atoms with Crippen LogP contribution in [0.25, 0.3) is 0 Å². The van der Waals surface area contributed by atoms with Crippen molar-refractivity contribution in [1.29, 1.82) is 0 Å². The fraction of sp³-hybridized carbons (Fsp3) is 0.353. The van der Waals surface area contributed by atoms with Crippen molar-refractivity contribution in [3.05, 3.63) is 51.2 Å². The topological polar surface area (TPSA) is 32.3 Å². The summed E-state index contributed by atoms with van der Waals surface area (Å²) in [6, 6.07) is 10.1. The van der Waals surface area contributed by atoms with E-state index in [2.05, 4.69) is 27.7 Å². The van der Waals surface area contributed by atoms with E-state index in [1.54, 1.807) is 17.4 Å². The molecule has 2 heterocycles. The molecule has 0 unspecified atom stereocenters. The van der Waals surface area contributed by atoms with E-state index in [9.17, 15) is 4.79 Å². The van der Waals surface area contributed by atoms with Gasteiger partial charge in [0.15, 0.2) is 0 Å². The van der Waals surface area contributed by atoms with E-state index in [1.807, 2.05) is 19.1 Å². The number of carbonyl (C=O) groups excluding carboxylic acids is 1. The summed E-state index contributed by atoms with van der Waals surface area (Å²) in [5.41, 5.74) is 1.82. The Bertz CT molecular complexity index is 657. The van der Waals surface area contributed by atoms with Gasteiger partial charge in [0.05, 0.1) is 6.54 Å². The first kappa shape index (κ1) is 15.5. The highest BCUT2D eigenvalue weighted by Gasteiger charge is 2.28. The Morgan fingerprint density at radius 3 is 3.05 bits per heavy atom. The van der Waals surface area contributed by atoms with Gasteiger partial charge in [-0.15, -0.1) is 11.3 Å². The van der Waals surface area contributed by atoms with Crippen molar-refractivity contribution in [2.75, 3.05) is 18.4 Å². The van der Waals surface area contributed by atoms with Crippen molar-refractivity contribution >= 4 is 34.5 Å². The standard InChI is InChI=1S/C17H19ClN2OS/c1-12-10-13(18)6-7-14(12)19-17(21)11-20-8-2-4-15(20)16-5-3-9-22-16/h3,5-7,9-10,15H,2,4,8,11H2,1H3,(H,19,21)/t15-/m0/s1. The number of aryl methyl sites for hydroxylation is 1. The molecule has 0 radical (unpaired) electrons. The van der Waals surface area contributed by atoms with Crippen LogP contribution in [0.2, 0.25) is 5.02 Å². The monoisotopic (exact) mass is 334 g/mol. The molecule has 5 heteroatoms. The number of carbonyl (C=O) groups is 1. The summed E-state index contributed by atoms with van der Waals surface area (Å²) < 4.78 is 0. The Morgan fingerprint density at radius 2 is 2.32 bits per heavy atom. The first-order valence-electron chi connectivity index (χ1n) is 7.47. The minimum Gasteiger partial charge on any atom is -0.325 e. The number of nitrogens with one attached hydrogen (secondary N) is 1. The predicted molar refractivity (Wildman–Crippen MR) is 92.7 cm³/mol. The van der Waals surface area contributed by atoms with Crippen molar-refractivity contribution in [2.45, 2.75) is 25.8 Å². The summed E-state index contributed by atoms with van der Waals surface area (Å²) in [6.45, 7) is 3.37. The van der Waals surface area contributed by atoms with Crippen LogP contribution in [0.3, 0.4) is 0 Å². The fourth-order valence-electron chi connectivity index (χ4n) is 2.96. The van der Waals surface area contributed by atoms with Crippen molar-refractivity contribution < 1.29 is 4.79 Å². The van der Waals surface area contributed by atoms with Gasteiger partial charge in [-0.3, -0.25) is 9.69 Å². The highest BCUT2D eigenvalue weighted by molar-refractivity contribution is 7.10. The molecule has 3 nitrogen and oxygen atoms in total. The molecular formula is C17H19ClN2OS. The zero-order valence-electron chi connectivity index (χ0n) is 12.5. The molecule has 116 valence electrons. The van der Waals surface area contributed by atoms with Gasteiger partial charge in [0, 0.05) is 21.6 Å². The van der Waals surface area contributed by atoms with Crippen LogP contribution in [0.5, 0.6) is 0 Å². The van der Waals surface area contributed by atoms with Crippen LogP contribution >= 0.6 is 22.9 Å². The van der Waals surface area contributed by atoms with Crippen molar-refractivity contribution in [3.63, 3.8) is 0 Å². The largest absolute Gasteiger partial charge is 0.325 e. The van der Waals surface area contributed by atoms with E-state index in [4.69, 9.17) is 11.6 Å². The van der Waals surface area contributed by atoms with Gasteiger partial charge >= 0.3 is 0 Å². The van der Waals surface area contributed by atoms with E-state index in [-0.39, 0.29) is 5.91 Å². The molecule has 1 N–H and O–H groups in total. The lowest BCUT2D eigenvalue weighted by molar-refractivity contribution is -0.117. The Balaban J connectivity index is 1.64. The molecule has 1 amide bonds. The molecule has 1 aliphatic heterocycles. The van der Waals surface area contributed by atoms with Gasteiger partial charge in [0.1, 0.15) is 0 Å². The van der Waals surface area contributed by atoms with Crippen LogP contribution in [0, 0.1) is 6.92 Å². The number of nitrogens with zero attached hydrogens (tertiary/aromatic N) is 1. The first-order chi connectivity index (χ1) is 10.6. The van der Waals surface area contributed by atoms with Gasteiger partial charge in [0.2, 0.25) is 5.91 Å². The third kappa shape index (κ3) is 3.51. The summed E-state index contributed by atoms with van der Waals surface area (Å²) in [6.07, 6.45) is 2.28. The van der Waals surface area contributed by atoms with Crippen LogP contribution < -0.4 is 5.32 Å². The molecule has 1 aromatic carbocycles. The fourth-order valence-corrected chi connectivity index (χ4v) is 4.08. The average molecular weight is 335 g/mol. The molecule has 1 saturated heterocycles. The Kier molecular flexibility index (Phi) is 4.81. The summed E-state index contributed by atoms with van der Waals surface area (Å²) in [4.78, 5) is 16.0. The molecule has 1 aromatic heterocycles. The number of likely N-dealkylation sites (tertiary alicyclic amines) is 1. The van der Waals surface area contributed by atoms with Crippen molar-refractivity contribution in [3.8, 4) is 0 Å². The molecule has 0 saturated carbocycles. The maximum Gasteiger partial charge on any atom is 0.238 e. The number of rotatable bonds is 4. The number of benzene rings is 1. The molecule has 0 aliphatic carbocycles. The summed E-state index contributed by atoms with van der Waals surface area (Å²) in [5, 5.41) is 5.78. The summed E-state index contributed by atoms with van der Waals surface area (Å²) in [5.74, 6) is 0.0360. The van der Waals surface area contributed by atoms with E-state index in [0.29, 0.717) is 17.6 Å². The predicted octanol–water partition coefficient (Wildman–Crippen LogP) is 4.49. The molecule has 3 rings (SSSR count). The summed E-state index contributed by atoms with van der Waals surface area (Å²) >= 11 is 7.72. The Hall–Kier alpha value is -1.36. The molecule has 2 aromatic rings. The third-order valence-corrected chi connectivity index (χ3v) is 5.25. The van der Waals surface area contributed by atoms with Gasteiger partial charge in [-0.2, -0.15) is 0 Å². The number of amides is 1. The second kappa shape index (κ2) is 6.82. The zero-order valence-corrected chi connectivity index (χ0v) is 14.1. The third-order valence-electron chi connectivity index (χ3n) is 4.04. The molecule has 1 aliphatic rings. The minimum atomic E-state index is 0.0360. The highest BCUT2D eigenvalue weighted by atomic mass is 35.5. The average Bonchev–Trinajstić information content (AvgIpc) is 3.12. The van der Waals surface area contributed by atoms with Crippen LogP contribution in [0.15, 0.2) is 35.7 Å². The van der Waals surface area contributed by atoms with Crippen LogP contribution in [-0.2, 0) is 4.79 Å². The molecule has 0 spiro atoms. The SMILES string of the molecule is Cc1cc(Cl)ccc1NC(=O)CN1CCC[C@H]1c1cccs1. The Labute approximate surface area is 139 Å². The lowest BCUT2D eigenvalue weighted by atomic mass is 10.2.